The smallest absolute Gasteiger partial charge is 0.352 e. The number of hydrogen-bond donors (Lipinski definition) is 2. The van der Waals surface area contributed by atoms with Crippen LogP contribution in [0.4, 0.5) is 18.9 Å². The Hall–Kier alpha value is -3.03. The van der Waals surface area contributed by atoms with Crippen molar-refractivity contribution in [3.63, 3.8) is 0 Å². The lowest BCUT2D eigenvalue weighted by atomic mass is 10.1. The molecule has 2 aromatic rings. The zero-order chi connectivity index (χ0) is 20.9. The number of hydrogen-bond acceptors (Lipinski definition) is 2. The molecule has 2 aromatic carbocycles. The first kappa shape index (κ1) is 20.7. The Balaban J connectivity index is 1.49. The number of benzene rings is 2. The van der Waals surface area contributed by atoms with E-state index in [4.69, 9.17) is 0 Å². The van der Waals surface area contributed by atoms with Gasteiger partial charge in [0.15, 0.2) is 5.96 Å². The number of guanidine groups is 1. The van der Waals surface area contributed by atoms with E-state index in [0.29, 0.717) is 25.5 Å². The fourth-order valence-electron chi connectivity index (χ4n) is 3.12. The third-order valence-corrected chi connectivity index (χ3v) is 4.75. The van der Waals surface area contributed by atoms with E-state index in [2.05, 4.69) is 15.6 Å². The van der Waals surface area contributed by atoms with Crippen molar-refractivity contribution in [1.82, 2.24) is 10.6 Å². The maximum Gasteiger partial charge on any atom is 0.416 e. The predicted octanol–water partition coefficient (Wildman–Crippen LogP) is 3.70. The molecule has 0 atom stereocenters. The molecule has 154 valence electrons. The second-order valence-electron chi connectivity index (χ2n) is 6.79. The molecular weight excluding hydrogens is 381 g/mol. The molecule has 5 nitrogen and oxygen atoms in total. The summed E-state index contributed by atoms with van der Waals surface area (Å²) in [6, 6.07) is 12.8. The van der Waals surface area contributed by atoms with Crippen LogP contribution in [0.5, 0.6) is 0 Å². The number of aliphatic imine (C=N–C) groups is 1. The minimum Gasteiger partial charge on any atom is -0.352 e. The number of rotatable bonds is 5. The maximum absolute atomic E-state index is 12.6. The number of amides is 1. The van der Waals surface area contributed by atoms with Gasteiger partial charge in [-0.3, -0.25) is 9.79 Å². The van der Waals surface area contributed by atoms with Crippen LogP contribution in [0.2, 0.25) is 0 Å². The van der Waals surface area contributed by atoms with Gasteiger partial charge < -0.3 is 15.5 Å². The van der Waals surface area contributed by atoms with Crippen molar-refractivity contribution in [2.45, 2.75) is 32.1 Å². The molecule has 1 saturated heterocycles. The summed E-state index contributed by atoms with van der Waals surface area (Å²) in [6.07, 6.45) is -2.84. The first-order chi connectivity index (χ1) is 13.9. The molecule has 0 saturated carbocycles. The quantitative estimate of drug-likeness (QED) is 0.590. The van der Waals surface area contributed by atoms with Gasteiger partial charge in [-0.15, -0.1) is 0 Å². The van der Waals surface area contributed by atoms with Gasteiger partial charge in [-0.05, 0) is 41.8 Å². The average molecular weight is 404 g/mol. The third kappa shape index (κ3) is 5.49. The van der Waals surface area contributed by atoms with E-state index in [0.717, 1.165) is 41.9 Å². The number of carbonyl (C=O) groups excluding carboxylic acids is 1. The van der Waals surface area contributed by atoms with Crippen LogP contribution >= 0.6 is 0 Å². The predicted molar refractivity (Wildman–Crippen MR) is 107 cm³/mol. The fourth-order valence-corrected chi connectivity index (χ4v) is 3.12. The van der Waals surface area contributed by atoms with Crippen molar-refractivity contribution in [3.05, 3.63) is 65.2 Å². The minimum atomic E-state index is -4.33. The molecule has 0 radical (unpaired) electrons. The summed E-state index contributed by atoms with van der Waals surface area (Å²) < 4.78 is 37.9. The van der Waals surface area contributed by atoms with E-state index in [9.17, 15) is 18.0 Å². The molecule has 0 spiro atoms. The SMILES string of the molecule is CN=C(NCc1ccc(N2CCCC2=O)cc1)NCc1ccc(C(F)(F)F)cc1. The van der Waals surface area contributed by atoms with Gasteiger partial charge in [-0.2, -0.15) is 13.2 Å². The van der Waals surface area contributed by atoms with Crippen LogP contribution in [0.15, 0.2) is 53.5 Å². The van der Waals surface area contributed by atoms with Crippen molar-refractivity contribution in [2.24, 2.45) is 4.99 Å². The minimum absolute atomic E-state index is 0.156. The highest BCUT2D eigenvalue weighted by Crippen LogP contribution is 2.29. The van der Waals surface area contributed by atoms with E-state index in [1.54, 1.807) is 11.9 Å². The topological polar surface area (TPSA) is 56.7 Å². The van der Waals surface area contributed by atoms with Gasteiger partial charge in [0.05, 0.1) is 5.56 Å². The van der Waals surface area contributed by atoms with Crippen LogP contribution in [0.3, 0.4) is 0 Å². The fraction of sp³-hybridized carbons (Fsp3) is 0.333. The monoisotopic (exact) mass is 404 g/mol. The van der Waals surface area contributed by atoms with Gasteiger partial charge in [0.2, 0.25) is 5.91 Å². The zero-order valence-corrected chi connectivity index (χ0v) is 16.1. The van der Waals surface area contributed by atoms with Crippen molar-refractivity contribution >= 4 is 17.6 Å². The van der Waals surface area contributed by atoms with Gasteiger partial charge >= 0.3 is 6.18 Å². The van der Waals surface area contributed by atoms with Gasteiger partial charge in [0.25, 0.3) is 0 Å². The third-order valence-electron chi connectivity index (χ3n) is 4.75. The molecule has 1 aliphatic rings. The van der Waals surface area contributed by atoms with E-state index >= 15 is 0 Å². The normalized spacial score (nSPS) is 15.0. The molecule has 1 fully saturated rings. The zero-order valence-electron chi connectivity index (χ0n) is 16.1. The Morgan fingerprint density at radius 2 is 1.55 bits per heavy atom. The summed E-state index contributed by atoms with van der Waals surface area (Å²) in [5.41, 5.74) is 1.99. The lowest BCUT2D eigenvalue weighted by Crippen LogP contribution is -2.36. The van der Waals surface area contributed by atoms with E-state index in [1.807, 2.05) is 24.3 Å². The number of carbonyl (C=O) groups is 1. The first-order valence-corrected chi connectivity index (χ1v) is 9.37. The first-order valence-electron chi connectivity index (χ1n) is 9.37. The van der Waals surface area contributed by atoms with Crippen LogP contribution in [0.1, 0.15) is 29.5 Å². The van der Waals surface area contributed by atoms with E-state index < -0.39 is 11.7 Å². The average Bonchev–Trinajstić information content (AvgIpc) is 3.14. The molecule has 1 amide bonds. The van der Waals surface area contributed by atoms with Crippen LogP contribution in [-0.4, -0.2) is 25.5 Å². The molecule has 0 aliphatic carbocycles. The molecule has 8 heteroatoms. The van der Waals surface area contributed by atoms with Gasteiger partial charge in [-0.1, -0.05) is 24.3 Å². The highest BCUT2D eigenvalue weighted by atomic mass is 19.4. The molecule has 0 bridgehead atoms. The highest BCUT2D eigenvalue weighted by molar-refractivity contribution is 5.95. The van der Waals surface area contributed by atoms with Crippen molar-refractivity contribution in [3.8, 4) is 0 Å². The molecule has 3 rings (SSSR count). The van der Waals surface area contributed by atoms with Crippen molar-refractivity contribution in [1.29, 1.82) is 0 Å². The van der Waals surface area contributed by atoms with Crippen LogP contribution in [-0.2, 0) is 24.1 Å². The summed E-state index contributed by atoms with van der Waals surface area (Å²) in [7, 11) is 1.63. The van der Waals surface area contributed by atoms with Crippen molar-refractivity contribution in [2.75, 3.05) is 18.5 Å². The molecule has 1 heterocycles. The van der Waals surface area contributed by atoms with E-state index in [-0.39, 0.29) is 5.91 Å². The number of halogens is 3. The van der Waals surface area contributed by atoms with Gasteiger partial charge in [0.1, 0.15) is 0 Å². The molecule has 29 heavy (non-hydrogen) atoms. The summed E-state index contributed by atoms with van der Waals surface area (Å²) in [6.45, 7) is 1.64. The summed E-state index contributed by atoms with van der Waals surface area (Å²) >= 11 is 0. The molecule has 0 unspecified atom stereocenters. The Morgan fingerprint density at radius 1 is 1.00 bits per heavy atom. The van der Waals surface area contributed by atoms with Crippen LogP contribution in [0, 0.1) is 0 Å². The summed E-state index contributed by atoms with van der Waals surface area (Å²) in [5.74, 6) is 0.701. The number of nitrogens with zero attached hydrogens (tertiary/aromatic N) is 2. The second kappa shape index (κ2) is 8.98. The van der Waals surface area contributed by atoms with Crippen LogP contribution < -0.4 is 15.5 Å². The standard InChI is InChI=1S/C21H23F3N4O/c1-25-20(26-13-15-4-8-17(9-5-15)21(22,23)24)27-14-16-6-10-18(11-7-16)28-12-2-3-19(28)29/h4-11H,2-3,12-14H2,1H3,(H2,25,26,27). The summed E-state index contributed by atoms with van der Waals surface area (Å²) in [4.78, 5) is 17.7. The lowest BCUT2D eigenvalue weighted by Gasteiger charge is -2.16. The van der Waals surface area contributed by atoms with Gasteiger partial charge in [0, 0.05) is 38.8 Å². The largest absolute Gasteiger partial charge is 0.416 e. The highest BCUT2D eigenvalue weighted by Gasteiger charge is 2.29. The number of alkyl halides is 3. The molecule has 2 N–H and O–H groups in total. The Bertz CT molecular complexity index is 861. The molecular formula is C21H23F3N4O. The van der Waals surface area contributed by atoms with Gasteiger partial charge in [-0.25, -0.2) is 0 Å². The summed E-state index contributed by atoms with van der Waals surface area (Å²) in [5, 5.41) is 6.25. The number of nitrogens with one attached hydrogen (secondary N) is 2. The Labute approximate surface area is 167 Å². The number of anilines is 1. The Morgan fingerprint density at radius 3 is 2.00 bits per heavy atom. The van der Waals surface area contributed by atoms with Crippen LogP contribution in [0.25, 0.3) is 0 Å². The second-order valence-corrected chi connectivity index (χ2v) is 6.79. The van der Waals surface area contributed by atoms with Crippen molar-refractivity contribution < 1.29 is 18.0 Å². The Kier molecular flexibility index (Phi) is 6.41. The lowest BCUT2D eigenvalue weighted by molar-refractivity contribution is -0.137. The molecule has 1 aliphatic heterocycles. The van der Waals surface area contributed by atoms with E-state index in [1.165, 1.54) is 12.1 Å². The molecule has 0 aromatic heterocycles. The maximum atomic E-state index is 12.6.